The zero-order valence-corrected chi connectivity index (χ0v) is 20.0. The molecule has 1 aliphatic heterocycles. The number of fused-ring (bicyclic) bond motifs is 1. The summed E-state index contributed by atoms with van der Waals surface area (Å²) < 4.78 is 5.19. The van der Waals surface area contributed by atoms with Gasteiger partial charge in [-0.15, -0.1) is 11.8 Å². The number of esters is 1. The van der Waals surface area contributed by atoms with E-state index in [0.717, 1.165) is 17.1 Å². The zero-order valence-electron chi connectivity index (χ0n) is 18.3. The fraction of sp³-hybridized carbons (Fsp3) is 0.333. The molecular formula is C24H26N2O5S2. The Hall–Kier alpha value is -2.78. The van der Waals surface area contributed by atoms with Crippen LogP contribution in [-0.4, -0.2) is 65.5 Å². The molecule has 0 radical (unpaired) electrons. The second-order valence-corrected chi connectivity index (χ2v) is 9.45. The third-order valence-electron chi connectivity index (χ3n) is 5.01. The lowest BCUT2D eigenvalue weighted by Gasteiger charge is -2.24. The molecule has 0 spiro atoms. The van der Waals surface area contributed by atoms with E-state index in [0.29, 0.717) is 12.3 Å². The third-order valence-corrected chi connectivity index (χ3v) is 6.75. The highest BCUT2D eigenvalue weighted by atomic mass is 32.2. The highest BCUT2D eigenvalue weighted by Crippen LogP contribution is 2.26. The molecule has 0 saturated carbocycles. The Morgan fingerprint density at radius 2 is 1.61 bits per heavy atom. The first-order valence-corrected chi connectivity index (χ1v) is 13.0. The van der Waals surface area contributed by atoms with Gasteiger partial charge >= 0.3 is 5.97 Å². The number of nitrogens with zero attached hydrogens (tertiary/aromatic N) is 1. The maximum absolute atomic E-state index is 12.8. The van der Waals surface area contributed by atoms with E-state index >= 15 is 0 Å². The molecule has 33 heavy (non-hydrogen) atoms. The first-order chi connectivity index (χ1) is 16.0. The number of nitrogens with one attached hydrogen (secondary N) is 1. The van der Waals surface area contributed by atoms with Crippen LogP contribution in [0.4, 0.5) is 0 Å². The molecule has 1 heterocycles. The molecule has 0 fully saturated rings. The van der Waals surface area contributed by atoms with Gasteiger partial charge in [-0.1, -0.05) is 30.3 Å². The first-order valence-electron chi connectivity index (χ1n) is 10.6. The molecule has 7 nitrogen and oxygen atoms in total. The van der Waals surface area contributed by atoms with Crippen molar-refractivity contribution in [3.63, 3.8) is 0 Å². The van der Waals surface area contributed by atoms with Gasteiger partial charge in [0.25, 0.3) is 17.7 Å². The molecule has 174 valence electrons. The fourth-order valence-corrected chi connectivity index (χ4v) is 4.70. The molecule has 9 heteroatoms. The third kappa shape index (κ3) is 6.61. The fourth-order valence-electron chi connectivity index (χ4n) is 3.36. The minimum Gasteiger partial charge on any atom is -0.454 e. The van der Waals surface area contributed by atoms with E-state index in [1.807, 2.05) is 36.6 Å². The van der Waals surface area contributed by atoms with Crippen LogP contribution < -0.4 is 5.32 Å². The van der Waals surface area contributed by atoms with Crippen LogP contribution in [0.15, 0.2) is 59.5 Å². The molecule has 1 unspecified atom stereocenters. The van der Waals surface area contributed by atoms with Gasteiger partial charge in [0, 0.05) is 11.4 Å². The summed E-state index contributed by atoms with van der Waals surface area (Å²) in [5.41, 5.74) is 0.547. The minimum absolute atomic E-state index is 0.254. The molecule has 2 aromatic rings. The van der Waals surface area contributed by atoms with Crippen molar-refractivity contribution in [2.75, 3.05) is 30.9 Å². The lowest BCUT2D eigenvalue weighted by Crippen LogP contribution is -2.46. The van der Waals surface area contributed by atoms with Crippen molar-refractivity contribution in [3.8, 4) is 0 Å². The van der Waals surface area contributed by atoms with Gasteiger partial charge in [0.2, 0.25) is 0 Å². The van der Waals surface area contributed by atoms with Gasteiger partial charge in [0.15, 0.2) is 6.61 Å². The molecule has 1 aliphatic rings. The van der Waals surface area contributed by atoms with E-state index in [9.17, 15) is 19.2 Å². The second-order valence-electron chi connectivity index (χ2n) is 7.30. The minimum atomic E-state index is -1.07. The number of ether oxygens (including phenoxy) is 1. The molecule has 3 rings (SSSR count). The average molecular weight is 487 g/mol. The van der Waals surface area contributed by atoms with Crippen LogP contribution in [0.2, 0.25) is 0 Å². The molecule has 0 saturated heterocycles. The van der Waals surface area contributed by atoms with Crippen molar-refractivity contribution in [1.29, 1.82) is 0 Å². The topological polar surface area (TPSA) is 92.8 Å². The molecular weight excluding hydrogens is 460 g/mol. The molecule has 0 aliphatic carbocycles. The molecule has 2 aromatic carbocycles. The lowest BCUT2D eigenvalue weighted by atomic mass is 10.1. The highest BCUT2D eigenvalue weighted by molar-refractivity contribution is 7.99. The molecule has 3 amide bonds. The van der Waals surface area contributed by atoms with Gasteiger partial charge < -0.3 is 10.1 Å². The van der Waals surface area contributed by atoms with Gasteiger partial charge in [0.1, 0.15) is 6.04 Å². The summed E-state index contributed by atoms with van der Waals surface area (Å²) in [6.45, 7) is 0.00806. The standard InChI is InChI=1S/C24H26N2O5S2/c1-32-15-12-20(26-22(28)18-10-5-6-11-19(18)23(26)29)24(30)31-16-21(27)25-13-7-14-33-17-8-3-2-4-9-17/h2-6,8-11,20H,7,12-16H2,1H3,(H,25,27). The largest absolute Gasteiger partial charge is 0.454 e. The van der Waals surface area contributed by atoms with Crippen molar-refractivity contribution in [2.45, 2.75) is 23.8 Å². The Kier molecular flexibility index (Phi) is 9.38. The lowest BCUT2D eigenvalue weighted by molar-refractivity contribution is -0.152. The highest BCUT2D eigenvalue weighted by Gasteiger charge is 2.43. The maximum Gasteiger partial charge on any atom is 0.329 e. The molecule has 1 N–H and O–H groups in total. The number of hydrogen-bond donors (Lipinski definition) is 1. The van der Waals surface area contributed by atoms with Crippen LogP contribution in [0.3, 0.4) is 0 Å². The Morgan fingerprint density at radius 3 is 2.24 bits per heavy atom. The first kappa shape index (κ1) is 24.9. The Morgan fingerprint density at radius 1 is 0.970 bits per heavy atom. The number of rotatable bonds is 12. The number of thioether (sulfide) groups is 2. The van der Waals surface area contributed by atoms with E-state index in [1.165, 1.54) is 16.7 Å². The predicted molar refractivity (Wildman–Crippen MR) is 129 cm³/mol. The van der Waals surface area contributed by atoms with Crippen molar-refractivity contribution < 1.29 is 23.9 Å². The zero-order chi connectivity index (χ0) is 23.6. The molecule has 0 aromatic heterocycles. The van der Waals surface area contributed by atoms with Crippen LogP contribution in [-0.2, 0) is 14.3 Å². The van der Waals surface area contributed by atoms with Gasteiger partial charge in [-0.05, 0) is 54.9 Å². The monoisotopic (exact) mass is 486 g/mol. The van der Waals surface area contributed by atoms with Crippen LogP contribution in [0.1, 0.15) is 33.6 Å². The van der Waals surface area contributed by atoms with E-state index in [-0.39, 0.29) is 17.5 Å². The Labute approximate surface area is 201 Å². The van der Waals surface area contributed by atoms with E-state index < -0.39 is 36.3 Å². The van der Waals surface area contributed by atoms with Crippen molar-refractivity contribution in [2.24, 2.45) is 0 Å². The number of benzene rings is 2. The van der Waals surface area contributed by atoms with Gasteiger partial charge in [-0.25, -0.2) is 4.79 Å². The van der Waals surface area contributed by atoms with Crippen LogP contribution in [0.25, 0.3) is 0 Å². The quantitative estimate of drug-likeness (QED) is 0.213. The smallest absolute Gasteiger partial charge is 0.329 e. The van der Waals surface area contributed by atoms with E-state index in [2.05, 4.69) is 5.32 Å². The number of carbonyl (C=O) groups excluding carboxylic acids is 4. The normalized spacial score (nSPS) is 13.5. The Bertz CT molecular complexity index is 964. The number of carbonyl (C=O) groups is 4. The summed E-state index contributed by atoms with van der Waals surface area (Å²) in [6, 6.07) is 15.4. The summed E-state index contributed by atoms with van der Waals surface area (Å²) in [7, 11) is 0. The van der Waals surface area contributed by atoms with Crippen molar-refractivity contribution in [3.05, 3.63) is 65.7 Å². The van der Waals surface area contributed by atoms with Crippen LogP contribution >= 0.6 is 23.5 Å². The number of amides is 3. The second kappa shape index (κ2) is 12.5. The van der Waals surface area contributed by atoms with Gasteiger partial charge in [-0.2, -0.15) is 11.8 Å². The SMILES string of the molecule is CSCCC(C(=O)OCC(=O)NCCCSc1ccccc1)N1C(=O)c2ccccc2C1=O. The summed E-state index contributed by atoms with van der Waals surface area (Å²) in [6.07, 6.45) is 2.89. The van der Waals surface area contributed by atoms with Crippen molar-refractivity contribution in [1.82, 2.24) is 10.2 Å². The summed E-state index contributed by atoms with van der Waals surface area (Å²) >= 11 is 3.20. The van der Waals surface area contributed by atoms with Gasteiger partial charge in [0.05, 0.1) is 11.1 Å². The van der Waals surface area contributed by atoms with Gasteiger partial charge in [-0.3, -0.25) is 19.3 Å². The number of hydrogen-bond acceptors (Lipinski definition) is 7. The molecule has 1 atom stereocenters. The average Bonchev–Trinajstić information content (AvgIpc) is 3.09. The van der Waals surface area contributed by atoms with E-state index in [1.54, 1.807) is 36.0 Å². The summed E-state index contributed by atoms with van der Waals surface area (Å²) in [4.78, 5) is 52.5. The van der Waals surface area contributed by atoms with Crippen LogP contribution in [0.5, 0.6) is 0 Å². The summed E-state index contributed by atoms with van der Waals surface area (Å²) in [5, 5.41) is 2.73. The van der Waals surface area contributed by atoms with Crippen molar-refractivity contribution >= 4 is 47.2 Å². The summed E-state index contributed by atoms with van der Waals surface area (Å²) in [5.74, 6) is -0.801. The van der Waals surface area contributed by atoms with E-state index in [4.69, 9.17) is 4.74 Å². The molecule has 0 bridgehead atoms. The number of imide groups is 1. The Balaban J connectivity index is 1.47. The maximum atomic E-state index is 12.8. The predicted octanol–water partition coefficient (Wildman–Crippen LogP) is 3.25. The van der Waals surface area contributed by atoms with Crippen LogP contribution in [0, 0.1) is 0 Å².